The first-order valence-electron chi connectivity index (χ1n) is 8.98. The normalized spacial score (nSPS) is 10.5. The monoisotopic (exact) mass is 405 g/mol. The molecule has 0 aliphatic carbocycles. The maximum absolute atomic E-state index is 8.86. The Morgan fingerprint density at radius 3 is 2.41 bits per heavy atom. The van der Waals surface area contributed by atoms with Crippen molar-refractivity contribution in [2.75, 3.05) is 7.11 Å². The van der Waals surface area contributed by atoms with E-state index in [0.29, 0.717) is 35.2 Å². The van der Waals surface area contributed by atoms with Gasteiger partial charge in [-0.15, -0.1) is 0 Å². The Morgan fingerprint density at radius 2 is 1.72 bits per heavy atom. The van der Waals surface area contributed by atoms with Gasteiger partial charge in [0.15, 0.2) is 11.5 Å². The zero-order valence-corrected chi connectivity index (χ0v) is 16.7. The van der Waals surface area contributed by atoms with Crippen molar-refractivity contribution < 1.29 is 9.47 Å². The highest BCUT2D eigenvalue weighted by Crippen LogP contribution is 2.28. The zero-order chi connectivity index (χ0) is 20.5. The molecule has 3 rings (SSSR count). The molecule has 5 nitrogen and oxygen atoms in total. The second kappa shape index (κ2) is 10.2. The fourth-order valence-electron chi connectivity index (χ4n) is 2.58. The molecule has 0 bridgehead atoms. The first kappa shape index (κ1) is 20.2. The smallest absolute Gasteiger partial charge is 0.161 e. The summed E-state index contributed by atoms with van der Waals surface area (Å²) in [6.45, 7) is 0.995. The first-order chi connectivity index (χ1) is 14.2. The van der Waals surface area contributed by atoms with Crippen molar-refractivity contribution in [2.24, 2.45) is 5.10 Å². The minimum Gasteiger partial charge on any atom is -0.493 e. The van der Waals surface area contributed by atoms with Gasteiger partial charge in [0.1, 0.15) is 6.61 Å². The van der Waals surface area contributed by atoms with Gasteiger partial charge in [-0.1, -0.05) is 35.9 Å². The summed E-state index contributed by atoms with van der Waals surface area (Å²) in [5.41, 5.74) is 6.59. The molecule has 0 unspecified atom stereocenters. The van der Waals surface area contributed by atoms with Gasteiger partial charge in [0.2, 0.25) is 0 Å². The number of methoxy groups -OCH3 is 1. The van der Waals surface area contributed by atoms with Crippen LogP contribution in [0.3, 0.4) is 0 Å². The van der Waals surface area contributed by atoms with Crippen LogP contribution in [0.2, 0.25) is 5.02 Å². The Bertz CT molecular complexity index is 1010. The Kier molecular flexibility index (Phi) is 7.10. The number of nitriles is 1. The summed E-state index contributed by atoms with van der Waals surface area (Å²) in [5.74, 6) is 1.27. The Labute approximate surface area is 175 Å². The molecule has 3 aromatic carbocycles. The lowest BCUT2D eigenvalue weighted by Gasteiger charge is -2.11. The fourth-order valence-corrected chi connectivity index (χ4v) is 2.71. The van der Waals surface area contributed by atoms with Crippen molar-refractivity contribution >= 4 is 17.8 Å². The van der Waals surface area contributed by atoms with E-state index in [4.69, 9.17) is 26.3 Å². The predicted octanol–water partition coefficient (Wildman–Crippen LogP) is 4.92. The molecule has 0 radical (unpaired) electrons. The van der Waals surface area contributed by atoms with Gasteiger partial charge in [-0.25, -0.2) is 0 Å². The van der Waals surface area contributed by atoms with Gasteiger partial charge < -0.3 is 14.9 Å². The van der Waals surface area contributed by atoms with E-state index in [9.17, 15) is 0 Å². The van der Waals surface area contributed by atoms with Gasteiger partial charge in [-0.05, 0) is 59.2 Å². The molecule has 0 atom stereocenters. The van der Waals surface area contributed by atoms with E-state index < -0.39 is 0 Å². The third-order valence-corrected chi connectivity index (χ3v) is 4.42. The van der Waals surface area contributed by atoms with Gasteiger partial charge in [0.25, 0.3) is 0 Å². The summed E-state index contributed by atoms with van der Waals surface area (Å²) in [7, 11) is 1.60. The molecule has 0 aliphatic heterocycles. The Balaban J connectivity index is 1.57. The molecule has 0 fully saturated rings. The number of hydrogen-bond acceptors (Lipinski definition) is 5. The van der Waals surface area contributed by atoms with Crippen LogP contribution in [0.5, 0.6) is 11.5 Å². The van der Waals surface area contributed by atoms with Crippen LogP contribution in [0.25, 0.3) is 0 Å². The van der Waals surface area contributed by atoms with E-state index in [0.717, 1.165) is 16.7 Å². The molecule has 0 amide bonds. The van der Waals surface area contributed by atoms with E-state index in [1.54, 1.807) is 25.5 Å². The van der Waals surface area contributed by atoms with Crippen LogP contribution in [0.4, 0.5) is 0 Å². The number of nitrogens with one attached hydrogen (secondary N) is 1. The molecule has 6 heteroatoms. The highest BCUT2D eigenvalue weighted by molar-refractivity contribution is 6.30. The zero-order valence-electron chi connectivity index (χ0n) is 15.9. The molecule has 0 saturated heterocycles. The van der Waals surface area contributed by atoms with E-state index in [1.165, 1.54) is 0 Å². The molecule has 0 heterocycles. The number of hydrogen-bond donors (Lipinski definition) is 1. The molecule has 0 spiro atoms. The van der Waals surface area contributed by atoms with Crippen LogP contribution in [0, 0.1) is 11.3 Å². The van der Waals surface area contributed by atoms with E-state index in [-0.39, 0.29) is 0 Å². The van der Waals surface area contributed by atoms with Crippen molar-refractivity contribution in [1.82, 2.24) is 5.43 Å². The van der Waals surface area contributed by atoms with Crippen LogP contribution in [-0.4, -0.2) is 13.3 Å². The number of benzene rings is 3. The van der Waals surface area contributed by atoms with Crippen molar-refractivity contribution in [3.8, 4) is 17.6 Å². The second-order valence-electron chi connectivity index (χ2n) is 6.23. The lowest BCUT2D eigenvalue weighted by atomic mass is 10.1. The highest BCUT2D eigenvalue weighted by atomic mass is 35.5. The predicted molar refractivity (Wildman–Crippen MR) is 114 cm³/mol. The molecule has 29 heavy (non-hydrogen) atoms. The largest absolute Gasteiger partial charge is 0.493 e. The van der Waals surface area contributed by atoms with Crippen molar-refractivity contribution in [3.63, 3.8) is 0 Å². The SMILES string of the molecule is COc1cc(/C=N\NCc2ccc(Cl)cc2)ccc1OCc1ccc(C#N)cc1. The molecule has 0 saturated carbocycles. The summed E-state index contributed by atoms with van der Waals surface area (Å²) in [6, 6.07) is 22.6. The minimum absolute atomic E-state index is 0.387. The number of halogens is 1. The third kappa shape index (κ3) is 6.00. The second-order valence-corrected chi connectivity index (χ2v) is 6.66. The molecule has 0 aromatic heterocycles. The summed E-state index contributed by atoms with van der Waals surface area (Å²) in [4.78, 5) is 0. The van der Waals surface area contributed by atoms with Crippen LogP contribution >= 0.6 is 11.6 Å². The highest BCUT2D eigenvalue weighted by Gasteiger charge is 2.06. The van der Waals surface area contributed by atoms with Crippen LogP contribution in [-0.2, 0) is 13.2 Å². The van der Waals surface area contributed by atoms with Crippen LogP contribution in [0.1, 0.15) is 22.3 Å². The lowest BCUT2D eigenvalue weighted by molar-refractivity contribution is 0.284. The van der Waals surface area contributed by atoms with E-state index >= 15 is 0 Å². The first-order valence-corrected chi connectivity index (χ1v) is 9.36. The lowest BCUT2D eigenvalue weighted by Crippen LogP contribution is -2.05. The quantitative estimate of drug-likeness (QED) is 0.426. The Hall–Kier alpha value is -3.49. The summed E-state index contributed by atoms with van der Waals surface area (Å²) < 4.78 is 11.3. The van der Waals surface area contributed by atoms with Crippen LogP contribution in [0.15, 0.2) is 71.8 Å². The number of hydrazone groups is 1. The molecule has 1 N–H and O–H groups in total. The summed E-state index contributed by atoms with van der Waals surface area (Å²) in [5, 5.41) is 13.8. The van der Waals surface area contributed by atoms with Gasteiger partial charge in [0.05, 0.1) is 31.5 Å². The maximum atomic E-state index is 8.86. The van der Waals surface area contributed by atoms with E-state index in [2.05, 4.69) is 16.6 Å². The van der Waals surface area contributed by atoms with Gasteiger partial charge in [0, 0.05) is 5.02 Å². The molecule has 0 aliphatic rings. The average molecular weight is 406 g/mol. The topological polar surface area (TPSA) is 66.6 Å². The van der Waals surface area contributed by atoms with Crippen molar-refractivity contribution in [2.45, 2.75) is 13.2 Å². The van der Waals surface area contributed by atoms with Gasteiger partial charge in [-0.3, -0.25) is 0 Å². The molecule has 3 aromatic rings. The van der Waals surface area contributed by atoms with Crippen molar-refractivity contribution in [3.05, 3.63) is 94.0 Å². The van der Waals surface area contributed by atoms with Gasteiger partial charge >= 0.3 is 0 Å². The standard InChI is InChI=1S/C23H20ClN3O2/c1-28-23-12-20(15-27-26-14-18-6-9-21(24)10-7-18)8-11-22(23)29-16-19-4-2-17(13-25)3-5-19/h2-12,15,26H,14,16H2,1H3/b27-15-. The van der Waals surface area contributed by atoms with Crippen molar-refractivity contribution in [1.29, 1.82) is 5.26 Å². The van der Waals surface area contributed by atoms with E-state index in [1.807, 2.05) is 54.6 Å². The minimum atomic E-state index is 0.387. The average Bonchev–Trinajstić information content (AvgIpc) is 2.77. The fraction of sp³-hybridized carbons (Fsp3) is 0.130. The summed E-state index contributed by atoms with van der Waals surface area (Å²) in [6.07, 6.45) is 1.73. The summed E-state index contributed by atoms with van der Waals surface area (Å²) >= 11 is 5.88. The number of nitrogens with zero attached hydrogens (tertiary/aromatic N) is 2. The Morgan fingerprint density at radius 1 is 1.00 bits per heavy atom. The number of rotatable bonds is 8. The van der Waals surface area contributed by atoms with Crippen LogP contribution < -0.4 is 14.9 Å². The maximum Gasteiger partial charge on any atom is 0.161 e. The number of ether oxygens (including phenoxy) is 2. The molecular formula is C23H20ClN3O2. The molecule has 146 valence electrons. The third-order valence-electron chi connectivity index (χ3n) is 4.17. The molecular weight excluding hydrogens is 386 g/mol. The van der Waals surface area contributed by atoms with Gasteiger partial charge in [-0.2, -0.15) is 10.4 Å².